The van der Waals surface area contributed by atoms with Crippen LogP contribution in [-0.4, -0.2) is 8.42 Å². The second-order valence-electron chi connectivity index (χ2n) is 4.77. The Morgan fingerprint density at radius 3 is 1.11 bits per heavy atom. The lowest BCUT2D eigenvalue weighted by molar-refractivity contribution is 0.356. The van der Waals surface area contributed by atoms with E-state index in [1.165, 1.54) is 0 Å². The van der Waals surface area contributed by atoms with Gasteiger partial charge in [-0.15, -0.1) is 0 Å². The topological polar surface area (TPSA) is 34.1 Å². The predicted molar refractivity (Wildman–Crippen MR) is 68.1 cm³/mol. The van der Waals surface area contributed by atoms with E-state index in [1.54, 1.807) is 0 Å². The molecule has 0 saturated heterocycles. The molecule has 13 heteroatoms. The van der Waals surface area contributed by atoms with Gasteiger partial charge >= 0.3 is 0 Å². The summed E-state index contributed by atoms with van der Waals surface area (Å²) in [6, 6.07) is 0. The SMILES string of the molecule is C=C(F)c1c(F)c(F)c(S(=O)(=O)c2c(F)c(F)c(F)c(F)c2F)c(F)c1F. The largest absolute Gasteiger partial charge is 0.218 e. The summed E-state index contributed by atoms with van der Waals surface area (Å²) in [5.41, 5.74) is -2.07. The fraction of sp³-hybridized carbons (Fsp3) is 0. The molecule has 0 fully saturated rings. The van der Waals surface area contributed by atoms with Gasteiger partial charge in [0.05, 0.1) is 5.56 Å². The Labute approximate surface area is 143 Å². The van der Waals surface area contributed by atoms with Crippen molar-refractivity contribution in [2.24, 2.45) is 0 Å². The zero-order valence-electron chi connectivity index (χ0n) is 12.2. The molecule has 0 saturated carbocycles. The lowest BCUT2D eigenvalue weighted by Gasteiger charge is -2.13. The highest BCUT2D eigenvalue weighted by Crippen LogP contribution is 2.37. The maximum Gasteiger partial charge on any atom is 0.218 e. The molecule has 0 aliphatic carbocycles. The van der Waals surface area contributed by atoms with Gasteiger partial charge in [-0.1, -0.05) is 6.58 Å². The average molecular weight is 424 g/mol. The molecular weight excluding hydrogens is 422 g/mol. The third-order valence-electron chi connectivity index (χ3n) is 3.20. The summed E-state index contributed by atoms with van der Waals surface area (Å²) in [5, 5.41) is 0. The number of hydrogen-bond donors (Lipinski definition) is 0. The van der Waals surface area contributed by atoms with Crippen molar-refractivity contribution in [1.82, 2.24) is 0 Å². The van der Waals surface area contributed by atoms with Crippen LogP contribution in [0.15, 0.2) is 16.4 Å². The average Bonchev–Trinajstić information content (AvgIpc) is 2.56. The van der Waals surface area contributed by atoms with E-state index in [1.807, 2.05) is 0 Å². The normalized spacial score (nSPS) is 11.8. The zero-order valence-corrected chi connectivity index (χ0v) is 13.0. The van der Waals surface area contributed by atoms with Gasteiger partial charge in [-0.25, -0.2) is 52.3 Å². The van der Waals surface area contributed by atoms with Crippen LogP contribution in [-0.2, 0) is 9.84 Å². The second kappa shape index (κ2) is 6.55. The van der Waals surface area contributed by atoms with Crippen LogP contribution in [0.1, 0.15) is 5.56 Å². The molecule has 0 spiro atoms. The van der Waals surface area contributed by atoms with E-state index in [9.17, 15) is 52.3 Å². The summed E-state index contributed by atoms with van der Waals surface area (Å²) in [4.78, 5) is -5.49. The Morgan fingerprint density at radius 2 is 0.815 bits per heavy atom. The second-order valence-corrected chi connectivity index (χ2v) is 6.59. The molecule has 2 rings (SSSR count). The monoisotopic (exact) mass is 424 g/mol. The molecule has 0 aromatic heterocycles. The first kappa shape index (κ1) is 20.7. The van der Waals surface area contributed by atoms with Crippen molar-refractivity contribution in [2.45, 2.75) is 9.79 Å². The highest BCUT2D eigenvalue weighted by Gasteiger charge is 2.41. The molecule has 27 heavy (non-hydrogen) atoms. The van der Waals surface area contributed by atoms with E-state index in [0.717, 1.165) is 0 Å². The van der Waals surface area contributed by atoms with Gasteiger partial charge in [0.2, 0.25) is 15.7 Å². The number of halogens is 10. The Hall–Kier alpha value is -2.57. The quantitative estimate of drug-likeness (QED) is 0.310. The van der Waals surface area contributed by atoms with Gasteiger partial charge in [-0.05, 0) is 0 Å². The zero-order chi connectivity index (χ0) is 21.0. The van der Waals surface area contributed by atoms with Crippen molar-refractivity contribution >= 4 is 15.7 Å². The third-order valence-corrected chi connectivity index (χ3v) is 4.99. The molecule has 0 unspecified atom stereocenters. The molecule has 146 valence electrons. The molecule has 0 N–H and O–H groups in total. The molecule has 2 nitrogen and oxygen atoms in total. The fourth-order valence-electron chi connectivity index (χ4n) is 2.01. The van der Waals surface area contributed by atoms with E-state index in [4.69, 9.17) is 0 Å². The first-order valence-corrected chi connectivity index (χ1v) is 7.72. The maximum atomic E-state index is 13.9. The summed E-state index contributed by atoms with van der Waals surface area (Å²) < 4.78 is 159. The molecule has 0 heterocycles. The maximum absolute atomic E-state index is 13.9. The summed E-state index contributed by atoms with van der Waals surface area (Å²) in [6.07, 6.45) is 0. The standard InChI is InChI=1S/C14H2F10O2S/c1-2(15)3-4(16)9(21)13(10(22)5(3)17)27(25,26)14-11(23)7(19)6(18)8(20)12(14)24/h1H2. The van der Waals surface area contributed by atoms with E-state index < -0.39 is 83.4 Å². The van der Waals surface area contributed by atoms with Crippen LogP contribution in [0.4, 0.5) is 43.9 Å². The molecule has 0 aliphatic rings. The Morgan fingerprint density at radius 1 is 0.556 bits per heavy atom. The van der Waals surface area contributed by atoms with Crippen molar-refractivity contribution in [3.8, 4) is 0 Å². The lowest BCUT2D eigenvalue weighted by Crippen LogP contribution is -2.18. The van der Waals surface area contributed by atoms with E-state index >= 15 is 0 Å². The molecular formula is C14H2F10O2S. The molecule has 0 atom stereocenters. The first-order valence-electron chi connectivity index (χ1n) is 6.23. The van der Waals surface area contributed by atoms with Crippen molar-refractivity contribution in [3.05, 3.63) is 64.5 Å². The predicted octanol–water partition coefficient (Wildman–Crippen LogP) is 4.71. The number of benzene rings is 2. The van der Waals surface area contributed by atoms with E-state index in [2.05, 4.69) is 6.58 Å². The van der Waals surface area contributed by atoms with Gasteiger partial charge < -0.3 is 0 Å². The van der Waals surface area contributed by atoms with Crippen LogP contribution < -0.4 is 0 Å². The highest BCUT2D eigenvalue weighted by atomic mass is 32.2. The summed E-state index contributed by atoms with van der Waals surface area (Å²) in [5.74, 6) is -27.6. The van der Waals surface area contributed by atoms with Crippen LogP contribution >= 0.6 is 0 Å². The minimum Gasteiger partial charge on any atom is -0.218 e. The van der Waals surface area contributed by atoms with Crippen molar-refractivity contribution in [3.63, 3.8) is 0 Å². The van der Waals surface area contributed by atoms with Crippen molar-refractivity contribution in [2.75, 3.05) is 0 Å². The molecule has 2 aromatic rings. The summed E-state index contributed by atoms with van der Waals surface area (Å²) in [6.45, 7) is 2.35. The number of sulfone groups is 1. The lowest BCUT2D eigenvalue weighted by atomic mass is 10.1. The fourth-order valence-corrected chi connectivity index (χ4v) is 3.51. The van der Waals surface area contributed by atoms with Gasteiger partial charge in [-0.3, -0.25) is 0 Å². The molecule has 0 amide bonds. The van der Waals surface area contributed by atoms with Crippen molar-refractivity contribution < 1.29 is 52.3 Å². The number of rotatable bonds is 3. The van der Waals surface area contributed by atoms with E-state index in [-0.39, 0.29) is 0 Å². The number of hydrogen-bond acceptors (Lipinski definition) is 2. The Bertz CT molecular complexity index is 1050. The third kappa shape index (κ3) is 2.85. The Kier molecular flexibility index (Phi) is 5.03. The highest BCUT2D eigenvalue weighted by molar-refractivity contribution is 7.91. The van der Waals surface area contributed by atoms with Crippen LogP contribution in [0.25, 0.3) is 5.83 Å². The Balaban J connectivity index is 3.03. The minimum atomic E-state index is -6.39. The minimum absolute atomic E-state index is 2.07. The molecule has 0 radical (unpaired) electrons. The van der Waals surface area contributed by atoms with Crippen molar-refractivity contribution in [1.29, 1.82) is 0 Å². The van der Waals surface area contributed by atoms with Crippen LogP contribution in [0.5, 0.6) is 0 Å². The van der Waals surface area contributed by atoms with Gasteiger partial charge in [0.15, 0.2) is 46.5 Å². The molecule has 2 aromatic carbocycles. The van der Waals surface area contributed by atoms with Crippen LogP contribution in [0.2, 0.25) is 0 Å². The van der Waals surface area contributed by atoms with Gasteiger partial charge in [0.25, 0.3) is 0 Å². The summed E-state index contributed by atoms with van der Waals surface area (Å²) in [7, 11) is -6.39. The molecule has 0 bridgehead atoms. The van der Waals surface area contributed by atoms with Gasteiger partial charge in [0.1, 0.15) is 15.6 Å². The van der Waals surface area contributed by atoms with Crippen LogP contribution in [0.3, 0.4) is 0 Å². The van der Waals surface area contributed by atoms with E-state index in [0.29, 0.717) is 0 Å². The van der Waals surface area contributed by atoms with Gasteiger partial charge in [-0.2, -0.15) is 0 Å². The first-order chi connectivity index (χ1) is 12.3. The van der Waals surface area contributed by atoms with Gasteiger partial charge in [0, 0.05) is 0 Å². The molecule has 0 aliphatic heterocycles. The van der Waals surface area contributed by atoms with Crippen LogP contribution in [0, 0.1) is 52.4 Å². The summed E-state index contributed by atoms with van der Waals surface area (Å²) >= 11 is 0. The smallest absolute Gasteiger partial charge is 0.218 e.